The Morgan fingerprint density at radius 3 is 2.74 bits per heavy atom. The van der Waals surface area contributed by atoms with E-state index in [0.717, 1.165) is 17.0 Å². The summed E-state index contributed by atoms with van der Waals surface area (Å²) < 4.78 is 26.2. The number of carbonyl (C=O) groups excluding carboxylic acids is 2. The number of Topliss-reactive ketones (excluding diaryl/α,β-unsaturated/α-hetero) is 1. The molecule has 0 N–H and O–H groups in total. The van der Waals surface area contributed by atoms with Crippen molar-refractivity contribution in [3.8, 4) is 5.75 Å². The van der Waals surface area contributed by atoms with E-state index in [1.165, 1.54) is 18.2 Å². The van der Waals surface area contributed by atoms with Crippen LogP contribution >= 0.6 is 11.6 Å². The number of nitrogens with zero attached hydrogens (tertiary/aromatic N) is 4. The maximum Gasteiger partial charge on any atom is 0.258 e. The van der Waals surface area contributed by atoms with E-state index in [1.54, 1.807) is 16.5 Å². The van der Waals surface area contributed by atoms with E-state index in [0.29, 0.717) is 55.3 Å². The molecule has 3 aromatic rings. The van der Waals surface area contributed by atoms with Gasteiger partial charge in [-0.25, -0.2) is 13.9 Å². The predicted molar refractivity (Wildman–Crippen MR) is 124 cm³/mol. The fourth-order valence-electron chi connectivity index (χ4n) is 4.01. The van der Waals surface area contributed by atoms with E-state index in [4.69, 9.17) is 21.1 Å². The first-order valence-corrected chi connectivity index (χ1v) is 11.4. The topological polar surface area (TPSA) is 86.0 Å². The second-order valence-electron chi connectivity index (χ2n) is 8.29. The summed E-state index contributed by atoms with van der Waals surface area (Å²) in [5.74, 6) is -0.563. The highest BCUT2D eigenvalue weighted by Crippen LogP contribution is 2.31. The summed E-state index contributed by atoms with van der Waals surface area (Å²) in [6.45, 7) is 4.92. The highest BCUT2D eigenvalue weighted by atomic mass is 35.5. The van der Waals surface area contributed by atoms with Crippen molar-refractivity contribution in [1.82, 2.24) is 19.5 Å². The van der Waals surface area contributed by atoms with E-state index in [-0.39, 0.29) is 29.6 Å². The van der Waals surface area contributed by atoms with Crippen molar-refractivity contribution in [3.05, 3.63) is 57.2 Å². The maximum absolute atomic E-state index is 13.9. The number of aromatic nitrogens is 3. The molecule has 4 rings (SSSR count). The molecule has 2 aromatic heterocycles. The molecule has 180 valence electrons. The molecule has 1 aromatic carbocycles. The van der Waals surface area contributed by atoms with Gasteiger partial charge in [0.15, 0.2) is 5.65 Å². The molecule has 0 saturated carbocycles. The first-order chi connectivity index (χ1) is 16.3. The average molecular weight is 489 g/mol. The van der Waals surface area contributed by atoms with Crippen LogP contribution in [0.5, 0.6) is 5.75 Å². The number of benzene rings is 1. The maximum atomic E-state index is 13.9. The van der Waals surface area contributed by atoms with Crippen LogP contribution in [0, 0.1) is 19.7 Å². The number of ether oxygens (including phenoxy) is 2. The number of hydrogen-bond donors (Lipinski definition) is 0. The lowest BCUT2D eigenvalue weighted by Crippen LogP contribution is -2.26. The van der Waals surface area contributed by atoms with Gasteiger partial charge in [-0.15, -0.1) is 0 Å². The Balaban J connectivity index is 1.47. The highest BCUT2D eigenvalue weighted by Gasteiger charge is 2.31. The third-order valence-electron chi connectivity index (χ3n) is 5.86. The monoisotopic (exact) mass is 488 g/mol. The number of halogens is 2. The van der Waals surface area contributed by atoms with Crippen LogP contribution in [0.3, 0.4) is 0 Å². The van der Waals surface area contributed by atoms with Crippen molar-refractivity contribution in [2.45, 2.75) is 46.2 Å². The fourth-order valence-corrected chi connectivity index (χ4v) is 4.13. The average Bonchev–Trinajstić information content (AvgIpc) is 3.38. The minimum Gasteiger partial charge on any atom is -0.493 e. The van der Waals surface area contributed by atoms with E-state index < -0.39 is 5.82 Å². The Hall–Kier alpha value is -3.04. The number of hydrogen-bond acceptors (Lipinski definition) is 6. The summed E-state index contributed by atoms with van der Waals surface area (Å²) in [7, 11) is 1.54. The van der Waals surface area contributed by atoms with Gasteiger partial charge in [-0.1, -0.05) is 11.6 Å². The molecule has 1 aliphatic heterocycles. The Kier molecular flexibility index (Phi) is 7.13. The second kappa shape index (κ2) is 10.1. The number of rotatable bonds is 9. The van der Waals surface area contributed by atoms with Gasteiger partial charge in [0.1, 0.15) is 17.3 Å². The zero-order chi connectivity index (χ0) is 24.4. The summed E-state index contributed by atoms with van der Waals surface area (Å²) in [4.78, 5) is 31.3. The van der Waals surface area contributed by atoms with Gasteiger partial charge in [-0.2, -0.15) is 5.10 Å². The molecule has 0 fully saturated rings. The summed E-state index contributed by atoms with van der Waals surface area (Å²) in [5.41, 5.74) is 4.07. The molecule has 1 aliphatic rings. The number of aryl methyl sites for hydroxylation is 2. The molecule has 34 heavy (non-hydrogen) atoms. The largest absolute Gasteiger partial charge is 0.493 e. The van der Waals surface area contributed by atoms with Crippen molar-refractivity contribution in [2.24, 2.45) is 0 Å². The Labute approximate surface area is 201 Å². The van der Waals surface area contributed by atoms with Crippen LogP contribution in [0.25, 0.3) is 5.65 Å². The molecule has 0 atom stereocenters. The first kappa shape index (κ1) is 24.1. The van der Waals surface area contributed by atoms with E-state index >= 15 is 0 Å². The molecule has 0 aliphatic carbocycles. The molecule has 0 radical (unpaired) electrons. The number of methoxy groups -OCH3 is 1. The lowest BCUT2D eigenvalue weighted by atomic mass is 10.1. The summed E-state index contributed by atoms with van der Waals surface area (Å²) in [6, 6.07) is 3.85. The van der Waals surface area contributed by atoms with Crippen molar-refractivity contribution in [3.63, 3.8) is 0 Å². The van der Waals surface area contributed by atoms with Gasteiger partial charge in [0.2, 0.25) is 0 Å². The Morgan fingerprint density at radius 2 is 1.97 bits per heavy atom. The van der Waals surface area contributed by atoms with E-state index in [2.05, 4.69) is 10.1 Å². The minimum atomic E-state index is -0.503. The summed E-state index contributed by atoms with van der Waals surface area (Å²) >= 11 is 6.30. The molecule has 0 saturated heterocycles. The van der Waals surface area contributed by atoms with Gasteiger partial charge in [-0.3, -0.25) is 9.59 Å². The zero-order valence-electron chi connectivity index (χ0n) is 19.4. The normalized spacial score (nSPS) is 12.9. The second-order valence-corrected chi connectivity index (χ2v) is 8.67. The molecule has 1 amide bonds. The van der Waals surface area contributed by atoms with Gasteiger partial charge in [0.05, 0.1) is 54.0 Å². The highest BCUT2D eigenvalue weighted by molar-refractivity contribution is 6.31. The van der Waals surface area contributed by atoms with Crippen LogP contribution in [0.1, 0.15) is 52.3 Å². The van der Waals surface area contributed by atoms with Crippen LogP contribution in [-0.2, 0) is 22.6 Å². The van der Waals surface area contributed by atoms with Gasteiger partial charge >= 0.3 is 0 Å². The van der Waals surface area contributed by atoms with Gasteiger partial charge in [0, 0.05) is 31.6 Å². The molecule has 0 spiro atoms. The zero-order valence-corrected chi connectivity index (χ0v) is 20.1. The minimum absolute atomic E-state index is 0.0703. The standard InChI is InChI=1S/C24H26ClFN4O4/c1-14-22(25)15(2)30-23(27-14)19-12-29(13-20(19)28-30)24(32)18-7-6-16(26)11-21(18)34-9-4-5-17(31)8-10-33-3/h6-7,11H,4-5,8-10,12-13H2,1-3H3. The Bertz CT molecular complexity index is 1260. The molecule has 10 heteroatoms. The van der Waals surface area contributed by atoms with Crippen molar-refractivity contribution >= 4 is 28.9 Å². The van der Waals surface area contributed by atoms with Crippen LogP contribution in [-0.4, -0.2) is 51.5 Å². The molecule has 0 unspecified atom stereocenters. The van der Waals surface area contributed by atoms with Crippen LogP contribution in [0.15, 0.2) is 18.2 Å². The van der Waals surface area contributed by atoms with Crippen molar-refractivity contribution in [1.29, 1.82) is 0 Å². The molecule has 3 heterocycles. The number of amides is 1. The van der Waals surface area contributed by atoms with Gasteiger partial charge < -0.3 is 14.4 Å². The molecule has 8 nitrogen and oxygen atoms in total. The van der Waals surface area contributed by atoms with Crippen molar-refractivity contribution in [2.75, 3.05) is 20.3 Å². The first-order valence-electron chi connectivity index (χ1n) is 11.1. The van der Waals surface area contributed by atoms with Crippen LogP contribution in [0.2, 0.25) is 5.02 Å². The predicted octanol–water partition coefficient (Wildman–Crippen LogP) is 4.06. The summed E-state index contributed by atoms with van der Waals surface area (Å²) in [6.07, 6.45) is 1.14. The van der Waals surface area contributed by atoms with Crippen LogP contribution < -0.4 is 4.74 Å². The van der Waals surface area contributed by atoms with Gasteiger partial charge in [0.25, 0.3) is 5.91 Å². The van der Waals surface area contributed by atoms with Crippen LogP contribution in [0.4, 0.5) is 4.39 Å². The third-order valence-corrected chi connectivity index (χ3v) is 6.41. The smallest absolute Gasteiger partial charge is 0.258 e. The molecular weight excluding hydrogens is 463 g/mol. The van der Waals surface area contributed by atoms with E-state index in [1.807, 2.05) is 13.8 Å². The molecular formula is C24H26ClFN4O4. The Morgan fingerprint density at radius 1 is 1.18 bits per heavy atom. The quantitative estimate of drug-likeness (QED) is 0.422. The molecule has 0 bridgehead atoms. The van der Waals surface area contributed by atoms with E-state index in [9.17, 15) is 14.0 Å². The lowest BCUT2D eigenvalue weighted by Gasteiger charge is -2.18. The lowest BCUT2D eigenvalue weighted by molar-refractivity contribution is -0.120. The third kappa shape index (κ3) is 4.76. The fraction of sp³-hybridized carbons (Fsp3) is 0.417. The SMILES string of the molecule is COCCC(=O)CCCOc1cc(F)ccc1C(=O)N1Cc2nn3c(C)c(Cl)c(C)nc3c2C1. The van der Waals surface area contributed by atoms with Crippen molar-refractivity contribution < 1.29 is 23.5 Å². The van der Waals surface area contributed by atoms with Gasteiger partial charge in [-0.05, 0) is 32.4 Å². The summed E-state index contributed by atoms with van der Waals surface area (Å²) in [5, 5.41) is 5.16. The number of carbonyl (C=O) groups is 2. The number of ketones is 1. The number of fused-ring (bicyclic) bond motifs is 3.